The molecule has 1 heterocycles. The van der Waals surface area contributed by atoms with Gasteiger partial charge in [-0.2, -0.15) is 0 Å². The molecule has 2 rings (SSSR count). The zero-order chi connectivity index (χ0) is 14.9. The fraction of sp³-hybridized carbons (Fsp3) is 0.429. The van der Waals surface area contributed by atoms with Crippen molar-refractivity contribution < 1.29 is 9.59 Å². The van der Waals surface area contributed by atoms with Crippen molar-refractivity contribution in [2.75, 3.05) is 13.6 Å². The van der Waals surface area contributed by atoms with Gasteiger partial charge < -0.3 is 10.2 Å². The third-order valence-electron chi connectivity index (χ3n) is 3.67. The fourth-order valence-electron chi connectivity index (χ4n) is 2.31. The highest BCUT2D eigenvalue weighted by atomic mass is 35.5. The monoisotopic (exact) mass is 314 g/mol. The Kier molecular flexibility index (Phi) is 4.55. The second kappa shape index (κ2) is 6.02. The first-order chi connectivity index (χ1) is 9.40. The normalized spacial score (nSPS) is 19.6. The first-order valence-electron chi connectivity index (χ1n) is 6.38. The highest BCUT2D eigenvalue weighted by Crippen LogP contribution is 2.30. The van der Waals surface area contributed by atoms with E-state index >= 15 is 0 Å². The summed E-state index contributed by atoms with van der Waals surface area (Å²) >= 11 is 12.0. The number of carbonyl (C=O) groups is 2. The summed E-state index contributed by atoms with van der Waals surface area (Å²) in [5, 5.41) is 3.77. The lowest BCUT2D eigenvalue weighted by Gasteiger charge is -2.28. The van der Waals surface area contributed by atoms with Crippen molar-refractivity contribution in [2.24, 2.45) is 5.92 Å². The number of halogens is 2. The molecule has 1 aromatic carbocycles. The van der Waals surface area contributed by atoms with Crippen LogP contribution in [-0.4, -0.2) is 30.3 Å². The molecule has 0 aromatic heterocycles. The number of hydrogen-bond donors (Lipinski definition) is 1. The molecule has 2 amide bonds. The van der Waals surface area contributed by atoms with E-state index in [2.05, 4.69) is 5.32 Å². The molecule has 108 valence electrons. The van der Waals surface area contributed by atoms with Crippen LogP contribution in [0.4, 0.5) is 0 Å². The molecule has 1 fully saturated rings. The Morgan fingerprint density at radius 1 is 1.45 bits per heavy atom. The van der Waals surface area contributed by atoms with Crippen molar-refractivity contribution in [2.45, 2.75) is 19.4 Å². The summed E-state index contributed by atoms with van der Waals surface area (Å²) < 4.78 is 0. The zero-order valence-electron chi connectivity index (χ0n) is 11.3. The minimum Gasteiger partial charge on any atom is -0.355 e. The van der Waals surface area contributed by atoms with Gasteiger partial charge in [-0.1, -0.05) is 29.3 Å². The minimum atomic E-state index is -0.291. The van der Waals surface area contributed by atoms with Gasteiger partial charge in [-0.3, -0.25) is 9.59 Å². The maximum Gasteiger partial charge on any atom is 0.228 e. The number of nitrogens with zero attached hydrogens (tertiary/aromatic N) is 1. The summed E-state index contributed by atoms with van der Waals surface area (Å²) in [4.78, 5) is 25.2. The summed E-state index contributed by atoms with van der Waals surface area (Å²) in [6.07, 6.45) is 0.254. The molecule has 20 heavy (non-hydrogen) atoms. The molecule has 1 aliphatic heterocycles. The zero-order valence-corrected chi connectivity index (χ0v) is 12.8. The Balaban J connectivity index is 2.13. The van der Waals surface area contributed by atoms with Gasteiger partial charge in [-0.25, -0.2) is 0 Å². The molecule has 0 bridgehead atoms. The van der Waals surface area contributed by atoms with E-state index in [0.29, 0.717) is 16.6 Å². The minimum absolute atomic E-state index is 0.0538. The van der Waals surface area contributed by atoms with E-state index in [0.717, 1.165) is 5.56 Å². The number of carbonyl (C=O) groups excluding carboxylic acids is 2. The van der Waals surface area contributed by atoms with Crippen LogP contribution >= 0.6 is 23.2 Å². The maximum atomic E-state index is 12.3. The molecule has 6 heteroatoms. The van der Waals surface area contributed by atoms with Crippen LogP contribution < -0.4 is 5.32 Å². The van der Waals surface area contributed by atoms with E-state index < -0.39 is 0 Å². The van der Waals surface area contributed by atoms with Gasteiger partial charge in [-0.15, -0.1) is 0 Å². The summed E-state index contributed by atoms with van der Waals surface area (Å²) in [6, 6.07) is 5.05. The van der Waals surface area contributed by atoms with Gasteiger partial charge in [0.1, 0.15) is 0 Å². The molecule has 1 aromatic rings. The lowest BCUT2D eigenvalue weighted by Crippen LogP contribution is -2.35. The van der Waals surface area contributed by atoms with Gasteiger partial charge in [0.15, 0.2) is 0 Å². The number of nitrogens with one attached hydrogen (secondary N) is 1. The SMILES string of the molecule is CC(c1ccc(Cl)cc1Cl)N(C)C(=O)C1CNC(=O)C1. The van der Waals surface area contributed by atoms with E-state index in [1.165, 1.54) is 0 Å². The molecular formula is C14H16Cl2N2O2. The highest BCUT2D eigenvalue weighted by Gasteiger charge is 2.32. The summed E-state index contributed by atoms with van der Waals surface area (Å²) in [5.41, 5.74) is 0.837. The van der Waals surface area contributed by atoms with Crippen molar-refractivity contribution in [1.29, 1.82) is 0 Å². The van der Waals surface area contributed by atoms with Gasteiger partial charge in [-0.05, 0) is 24.6 Å². The van der Waals surface area contributed by atoms with Crippen molar-refractivity contribution in [3.05, 3.63) is 33.8 Å². The van der Waals surface area contributed by atoms with E-state index in [4.69, 9.17) is 23.2 Å². The molecule has 1 aliphatic rings. The van der Waals surface area contributed by atoms with E-state index in [1.54, 1.807) is 24.1 Å². The molecule has 0 aliphatic carbocycles. The van der Waals surface area contributed by atoms with Crippen LogP contribution in [0.2, 0.25) is 10.0 Å². The molecule has 2 unspecified atom stereocenters. The quantitative estimate of drug-likeness (QED) is 0.932. The number of rotatable bonds is 3. The van der Waals surface area contributed by atoms with Gasteiger partial charge in [0.05, 0.1) is 12.0 Å². The Hall–Kier alpha value is -1.26. The van der Waals surface area contributed by atoms with Gasteiger partial charge in [0, 0.05) is 30.1 Å². The van der Waals surface area contributed by atoms with Crippen molar-refractivity contribution in [1.82, 2.24) is 10.2 Å². The highest BCUT2D eigenvalue weighted by molar-refractivity contribution is 6.35. The maximum absolute atomic E-state index is 12.3. The van der Waals surface area contributed by atoms with Crippen molar-refractivity contribution in [3.8, 4) is 0 Å². The topological polar surface area (TPSA) is 49.4 Å². The first-order valence-corrected chi connectivity index (χ1v) is 7.14. The van der Waals surface area contributed by atoms with Crippen LogP contribution in [0.15, 0.2) is 18.2 Å². The summed E-state index contributed by atoms with van der Waals surface area (Å²) in [5.74, 6) is -0.420. The molecule has 1 N–H and O–H groups in total. The van der Waals surface area contributed by atoms with E-state index in [9.17, 15) is 9.59 Å². The molecule has 4 nitrogen and oxygen atoms in total. The number of benzene rings is 1. The molecule has 2 atom stereocenters. The standard InChI is InChI=1S/C14H16Cl2N2O2/c1-8(11-4-3-10(15)6-12(11)16)18(2)14(20)9-5-13(19)17-7-9/h3-4,6,8-9H,5,7H2,1-2H3,(H,17,19). The second-order valence-corrected chi connectivity index (χ2v) is 5.84. The van der Waals surface area contributed by atoms with E-state index in [-0.39, 0.29) is 30.2 Å². The number of hydrogen-bond acceptors (Lipinski definition) is 2. The third-order valence-corrected chi connectivity index (χ3v) is 4.23. The lowest BCUT2D eigenvalue weighted by molar-refractivity contribution is -0.136. The Morgan fingerprint density at radius 3 is 2.70 bits per heavy atom. The van der Waals surface area contributed by atoms with Crippen LogP contribution in [0, 0.1) is 5.92 Å². The Bertz CT molecular complexity index is 548. The molecule has 0 radical (unpaired) electrons. The van der Waals surface area contributed by atoms with Crippen LogP contribution in [0.5, 0.6) is 0 Å². The number of amides is 2. The first kappa shape index (κ1) is 15.1. The van der Waals surface area contributed by atoms with Crippen LogP contribution in [0.1, 0.15) is 24.9 Å². The van der Waals surface area contributed by atoms with Gasteiger partial charge in [0.2, 0.25) is 11.8 Å². The predicted octanol–water partition coefficient (Wildman–Crippen LogP) is 2.65. The third kappa shape index (κ3) is 3.07. The lowest BCUT2D eigenvalue weighted by atomic mass is 10.0. The predicted molar refractivity (Wildman–Crippen MR) is 78.8 cm³/mol. The fourth-order valence-corrected chi connectivity index (χ4v) is 2.87. The molecule has 0 spiro atoms. The average Bonchev–Trinajstić information content (AvgIpc) is 2.83. The Labute approximate surface area is 128 Å². The Morgan fingerprint density at radius 2 is 2.15 bits per heavy atom. The van der Waals surface area contributed by atoms with Crippen LogP contribution in [-0.2, 0) is 9.59 Å². The average molecular weight is 315 g/mol. The molecule has 1 saturated heterocycles. The van der Waals surface area contributed by atoms with Gasteiger partial charge in [0.25, 0.3) is 0 Å². The summed E-state index contributed by atoms with van der Waals surface area (Å²) in [6.45, 7) is 2.31. The smallest absolute Gasteiger partial charge is 0.228 e. The van der Waals surface area contributed by atoms with Crippen LogP contribution in [0.25, 0.3) is 0 Å². The second-order valence-electron chi connectivity index (χ2n) is 5.00. The van der Waals surface area contributed by atoms with Crippen LogP contribution in [0.3, 0.4) is 0 Å². The van der Waals surface area contributed by atoms with Gasteiger partial charge >= 0.3 is 0 Å². The molecule has 0 saturated carbocycles. The largest absolute Gasteiger partial charge is 0.355 e. The van der Waals surface area contributed by atoms with Crippen molar-refractivity contribution >= 4 is 35.0 Å². The molecular weight excluding hydrogens is 299 g/mol. The van der Waals surface area contributed by atoms with Crippen molar-refractivity contribution in [3.63, 3.8) is 0 Å². The summed E-state index contributed by atoms with van der Waals surface area (Å²) in [7, 11) is 1.72. The van der Waals surface area contributed by atoms with E-state index in [1.807, 2.05) is 13.0 Å².